The monoisotopic (exact) mass is 270 g/mol. The number of ether oxygens (including phenoxy) is 1. The molecule has 7 heteroatoms. The summed E-state index contributed by atoms with van der Waals surface area (Å²) in [5, 5.41) is 2.71. The highest BCUT2D eigenvalue weighted by Crippen LogP contribution is 2.39. The molecule has 0 atom stereocenters. The molecule has 0 bridgehead atoms. The van der Waals surface area contributed by atoms with Crippen molar-refractivity contribution < 1.29 is 17.9 Å². The molecule has 0 unspecified atom stereocenters. The second-order valence-corrected chi connectivity index (χ2v) is 3.57. The molecule has 0 aliphatic carbocycles. The molecule has 14 heavy (non-hydrogen) atoms. The molecular weight excluding hydrogens is 265 g/mol. The van der Waals surface area contributed by atoms with Gasteiger partial charge in [-0.3, -0.25) is 0 Å². The lowest BCUT2D eigenvalue weighted by molar-refractivity contribution is -0.0938. The Bertz CT molecular complexity index is 332. The molecule has 0 fully saturated rings. The Morgan fingerprint density at radius 1 is 1.50 bits per heavy atom. The van der Waals surface area contributed by atoms with E-state index in [2.05, 4.69) is 25.8 Å². The van der Waals surface area contributed by atoms with Crippen molar-refractivity contribution in [3.05, 3.63) is 21.5 Å². The van der Waals surface area contributed by atoms with Crippen molar-refractivity contribution in [1.82, 2.24) is 0 Å². The molecule has 1 heterocycles. The molecule has 0 radical (unpaired) electrons. The van der Waals surface area contributed by atoms with Gasteiger partial charge in [-0.05, 0) is 12.5 Å². The van der Waals surface area contributed by atoms with Crippen molar-refractivity contribution in [2.75, 3.05) is 6.61 Å². The second kappa shape index (κ2) is 3.72. The van der Waals surface area contributed by atoms with Crippen LogP contribution in [0.1, 0.15) is 6.92 Å². The first-order chi connectivity index (χ1) is 6.38. The van der Waals surface area contributed by atoms with Gasteiger partial charge in [0.15, 0.2) is 0 Å². The average molecular weight is 271 g/mol. The number of alkyl halides is 3. The summed E-state index contributed by atoms with van der Waals surface area (Å²) >= 11 is 2.96. The van der Waals surface area contributed by atoms with Crippen LogP contribution in [0.15, 0.2) is 26.6 Å². The van der Waals surface area contributed by atoms with Crippen LogP contribution in [0, 0.1) is 5.53 Å². The Balaban J connectivity index is 3.30. The lowest BCUT2D eigenvalue weighted by Gasteiger charge is -2.21. The van der Waals surface area contributed by atoms with E-state index in [4.69, 9.17) is 5.53 Å². The zero-order chi connectivity index (χ0) is 10.9. The third kappa shape index (κ3) is 1.97. The summed E-state index contributed by atoms with van der Waals surface area (Å²) in [6.45, 7) is 1.28. The molecule has 0 saturated carbocycles. The van der Waals surface area contributed by atoms with Gasteiger partial charge < -0.3 is 4.74 Å². The second-order valence-electron chi connectivity index (χ2n) is 2.61. The van der Waals surface area contributed by atoms with Crippen LogP contribution >= 0.6 is 15.9 Å². The highest BCUT2D eigenvalue weighted by atomic mass is 79.9. The maximum absolute atomic E-state index is 12.5. The standard InChI is InChI=1S/C7H6BrF3N2O/c1-3-4(8)2-14-6(13-12)5(3)7(9,10)11/h12H,2H2,1H3. The van der Waals surface area contributed by atoms with Gasteiger partial charge in [0, 0.05) is 4.48 Å². The number of rotatable bonds is 1. The summed E-state index contributed by atoms with van der Waals surface area (Å²) in [5.41, 5.74) is 5.58. The molecule has 1 aliphatic rings. The third-order valence-electron chi connectivity index (χ3n) is 1.72. The minimum atomic E-state index is -4.55. The van der Waals surface area contributed by atoms with Gasteiger partial charge in [0.05, 0.1) is 0 Å². The molecule has 1 aliphatic heterocycles. The quantitative estimate of drug-likeness (QED) is 0.729. The Kier molecular flexibility index (Phi) is 2.98. The van der Waals surface area contributed by atoms with Crippen LogP contribution in [-0.2, 0) is 4.74 Å². The predicted octanol–water partition coefficient (Wildman–Crippen LogP) is 3.49. The van der Waals surface area contributed by atoms with Crippen LogP contribution in [-0.4, -0.2) is 12.8 Å². The van der Waals surface area contributed by atoms with Crippen molar-refractivity contribution in [2.24, 2.45) is 5.11 Å². The first-order valence-electron chi connectivity index (χ1n) is 3.55. The van der Waals surface area contributed by atoms with Gasteiger partial charge in [0.1, 0.15) is 12.2 Å². The van der Waals surface area contributed by atoms with E-state index in [0.717, 1.165) is 0 Å². The van der Waals surface area contributed by atoms with Gasteiger partial charge in [-0.1, -0.05) is 15.9 Å². The maximum Gasteiger partial charge on any atom is 0.421 e. The Hall–Kier alpha value is -0.850. The van der Waals surface area contributed by atoms with Gasteiger partial charge in [-0.15, -0.1) is 5.11 Å². The average Bonchev–Trinajstić information content (AvgIpc) is 2.07. The zero-order valence-electron chi connectivity index (χ0n) is 7.07. The van der Waals surface area contributed by atoms with E-state index >= 15 is 0 Å². The number of nitrogens with one attached hydrogen (secondary N) is 1. The molecule has 78 valence electrons. The summed E-state index contributed by atoms with van der Waals surface area (Å²) in [5.74, 6) is -0.682. The number of nitrogens with zero attached hydrogens (tertiary/aromatic N) is 1. The van der Waals surface area contributed by atoms with E-state index in [-0.39, 0.29) is 12.2 Å². The van der Waals surface area contributed by atoms with Crippen LogP contribution in [0.25, 0.3) is 0 Å². The minimum Gasteiger partial charge on any atom is -0.471 e. The molecule has 1 rings (SSSR count). The summed E-state index contributed by atoms with van der Waals surface area (Å²) in [6.07, 6.45) is -4.55. The molecule has 0 aromatic heterocycles. The Morgan fingerprint density at radius 2 is 2.07 bits per heavy atom. The number of hydrogen-bond acceptors (Lipinski definition) is 3. The van der Waals surface area contributed by atoms with Gasteiger partial charge >= 0.3 is 6.18 Å². The molecule has 0 amide bonds. The van der Waals surface area contributed by atoms with E-state index in [1.165, 1.54) is 6.92 Å². The Morgan fingerprint density at radius 3 is 2.50 bits per heavy atom. The van der Waals surface area contributed by atoms with Crippen LogP contribution in [0.4, 0.5) is 13.2 Å². The van der Waals surface area contributed by atoms with E-state index in [0.29, 0.717) is 4.48 Å². The van der Waals surface area contributed by atoms with E-state index < -0.39 is 17.6 Å². The van der Waals surface area contributed by atoms with Gasteiger partial charge in [-0.2, -0.15) is 13.2 Å². The van der Waals surface area contributed by atoms with Crippen LogP contribution in [0.5, 0.6) is 0 Å². The first-order valence-corrected chi connectivity index (χ1v) is 4.34. The van der Waals surface area contributed by atoms with Crippen molar-refractivity contribution in [2.45, 2.75) is 13.1 Å². The SMILES string of the molecule is CC1=C(Br)COC(N=N)=C1C(F)(F)F. The van der Waals surface area contributed by atoms with Crippen molar-refractivity contribution in [3.63, 3.8) is 0 Å². The highest BCUT2D eigenvalue weighted by molar-refractivity contribution is 9.11. The lowest BCUT2D eigenvalue weighted by atomic mass is 10.1. The predicted molar refractivity (Wildman–Crippen MR) is 45.8 cm³/mol. The number of halogens is 4. The van der Waals surface area contributed by atoms with E-state index in [9.17, 15) is 13.2 Å². The minimum absolute atomic E-state index is 0.00903. The maximum atomic E-state index is 12.5. The van der Waals surface area contributed by atoms with E-state index in [1.807, 2.05) is 0 Å². The van der Waals surface area contributed by atoms with Crippen LogP contribution in [0.3, 0.4) is 0 Å². The molecule has 0 saturated heterocycles. The first kappa shape index (κ1) is 11.2. The summed E-state index contributed by atoms with van der Waals surface area (Å²) in [4.78, 5) is 0. The largest absolute Gasteiger partial charge is 0.471 e. The molecular formula is C7H6BrF3N2O. The fraction of sp³-hybridized carbons (Fsp3) is 0.429. The summed E-state index contributed by atoms with van der Waals surface area (Å²) < 4.78 is 42.4. The molecule has 3 nitrogen and oxygen atoms in total. The summed E-state index contributed by atoms with van der Waals surface area (Å²) in [6, 6.07) is 0. The number of hydrogen-bond donors (Lipinski definition) is 1. The third-order valence-corrected chi connectivity index (χ3v) is 2.54. The van der Waals surface area contributed by atoms with Gasteiger partial charge in [-0.25, -0.2) is 5.53 Å². The molecule has 0 aromatic rings. The van der Waals surface area contributed by atoms with Crippen LogP contribution < -0.4 is 0 Å². The van der Waals surface area contributed by atoms with Crippen LogP contribution in [0.2, 0.25) is 0 Å². The summed E-state index contributed by atoms with van der Waals surface area (Å²) in [7, 11) is 0. The van der Waals surface area contributed by atoms with Crippen molar-refractivity contribution in [1.29, 1.82) is 5.53 Å². The smallest absolute Gasteiger partial charge is 0.421 e. The molecule has 0 spiro atoms. The fourth-order valence-electron chi connectivity index (χ4n) is 1.03. The van der Waals surface area contributed by atoms with Gasteiger partial charge in [0.25, 0.3) is 0 Å². The van der Waals surface area contributed by atoms with Gasteiger partial charge in [0.2, 0.25) is 5.88 Å². The van der Waals surface area contributed by atoms with E-state index in [1.54, 1.807) is 0 Å². The topological polar surface area (TPSA) is 45.4 Å². The van der Waals surface area contributed by atoms with Crippen molar-refractivity contribution in [3.8, 4) is 0 Å². The normalized spacial score (nSPS) is 18.4. The fourth-order valence-corrected chi connectivity index (χ4v) is 1.34. The highest BCUT2D eigenvalue weighted by Gasteiger charge is 2.41. The Labute approximate surface area is 86.3 Å². The zero-order valence-corrected chi connectivity index (χ0v) is 8.66. The van der Waals surface area contributed by atoms with Crippen molar-refractivity contribution >= 4 is 15.9 Å². The molecule has 1 N–H and O–H groups in total. The lowest BCUT2D eigenvalue weighted by Crippen LogP contribution is -2.20. The molecule has 0 aromatic carbocycles. The number of allylic oxidation sites excluding steroid dienone is 2.